The molecule has 0 saturated carbocycles. The highest BCUT2D eigenvalue weighted by molar-refractivity contribution is 5.85. The van der Waals surface area contributed by atoms with E-state index in [0.29, 0.717) is 17.2 Å². The smallest absolute Gasteiger partial charge is 0.166 e. The molecule has 1 atom stereocenters. The van der Waals surface area contributed by atoms with Gasteiger partial charge in [-0.05, 0) is 49.9 Å². The summed E-state index contributed by atoms with van der Waals surface area (Å²) >= 11 is 0. The fourth-order valence-electron chi connectivity index (χ4n) is 4.25. The van der Waals surface area contributed by atoms with Crippen molar-refractivity contribution in [2.75, 3.05) is 5.73 Å². The number of hydrogen-bond donors (Lipinski definition) is 2. The van der Waals surface area contributed by atoms with Crippen LogP contribution in [0.4, 0.5) is 5.82 Å². The number of para-hydroxylation sites is 1. The summed E-state index contributed by atoms with van der Waals surface area (Å²) in [4.78, 5) is 22.0. The van der Waals surface area contributed by atoms with Crippen LogP contribution in [0.5, 0.6) is 0 Å². The van der Waals surface area contributed by atoms with Crippen LogP contribution in [0.3, 0.4) is 0 Å². The van der Waals surface area contributed by atoms with E-state index in [0.717, 1.165) is 47.4 Å². The Labute approximate surface area is 186 Å². The number of benzene rings is 1. The van der Waals surface area contributed by atoms with E-state index in [1.807, 2.05) is 25.3 Å². The molecule has 32 heavy (non-hydrogen) atoms. The number of fused-ring (bicyclic) bond motifs is 2. The van der Waals surface area contributed by atoms with Gasteiger partial charge in [-0.3, -0.25) is 4.98 Å². The molecule has 4 aromatic heterocycles. The molecule has 4 heterocycles. The lowest BCUT2D eigenvalue weighted by atomic mass is 10.1. The van der Waals surface area contributed by atoms with Crippen molar-refractivity contribution in [1.82, 2.24) is 29.5 Å². The molecule has 0 amide bonds. The lowest BCUT2D eigenvalue weighted by Gasteiger charge is -2.15. The van der Waals surface area contributed by atoms with Crippen LogP contribution in [-0.2, 0) is 12.8 Å². The van der Waals surface area contributed by atoms with Crippen LogP contribution < -0.4 is 5.73 Å². The molecular formula is C25H27N7. The van der Waals surface area contributed by atoms with E-state index < -0.39 is 0 Å². The molecule has 0 bridgehead atoms. The standard InChI is InChI=1S/C25H27N7/c1-4-16(3)32-21(10-9-17-14-28-20-8-6-5-7-19(17)20)29-22-23(26)30-24(31-25(22)32)18-11-15(2)12-27-13-18/h5-8,11-14,16,28H,4,9-10H2,1-3H3,(H2,26,30,31). The first kappa shape index (κ1) is 20.2. The maximum Gasteiger partial charge on any atom is 0.166 e. The highest BCUT2D eigenvalue weighted by Gasteiger charge is 2.20. The summed E-state index contributed by atoms with van der Waals surface area (Å²) in [6.45, 7) is 6.38. The molecule has 1 unspecified atom stereocenters. The van der Waals surface area contributed by atoms with E-state index in [1.165, 1.54) is 10.9 Å². The number of aromatic nitrogens is 6. The summed E-state index contributed by atoms with van der Waals surface area (Å²) in [5.41, 5.74) is 12.2. The van der Waals surface area contributed by atoms with Crippen molar-refractivity contribution in [2.24, 2.45) is 0 Å². The predicted octanol–water partition coefficient (Wildman–Crippen LogP) is 5.02. The second kappa shape index (κ2) is 8.07. The van der Waals surface area contributed by atoms with Gasteiger partial charge in [0.05, 0.1) is 0 Å². The molecule has 0 spiro atoms. The van der Waals surface area contributed by atoms with Crippen molar-refractivity contribution in [2.45, 2.75) is 46.1 Å². The third-order valence-corrected chi connectivity index (χ3v) is 6.10. The van der Waals surface area contributed by atoms with Gasteiger partial charge in [0, 0.05) is 47.5 Å². The van der Waals surface area contributed by atoms with Gasteiger partial charge >= 0.3 is 0 Å². The molecule has 7 heteroatoms. The lowest BCUT2D eigenvalue weighted by molar-refractivity contribution is 0.518. The Morgan fingerprint density at radius 2 is 1.94 bits per heavy atom. The molecule has 0 fully saturated rings. The summed E-state index contributed by atoms with van der Waals surface area (Å²) in [5.74, 6) is 1.97. The SMILES string of the molecule is CCC(C)n1c(CCc2c[nH]c3ccccc23)nc2c(N)nc(-c3cncc(C)c3)nc21. The van der Waals surface area contributed by atoms with Gasteiger partial charge in [0.25, 0.3) is 0 Å². The van der Waals surface area contributed by atoms with Gasteiger partial charge in [-0.2, -0.15) is 0 Å². The molecule has 5 rings (SSSR count). The third-order valence-electron chi connectivity index (χ3n) is 6.10. The minimum absolute atomic E-state index is 0.246. The van der Waals surface area contributed by atoms with Gasteiger partial charge in [0.2, 0.25) is 0 Å². The molecule has 0 radical (unpaired) electrons. The monoisotopic (exact) mass is 425 g/mol. The van der Waals surface area contributed by atoms with Gasteiger partial charge in [0.1, 0.15) is 5.82 Å². The summed E-state index contributed by atoms with van der Waals surface area (Å²) in [5, 5.41) is 1.26. The van der Waals surface area contributed by atoms with Gasteiger partial charge in [-0.15, -0.1) is 0 Å². The first-order valence-corrected chi connectivity index (χ1v) is 11.1. The van der Waals surface area contributed by atoms with E-state index in [4.69, 9.17) is 15.7 Å². The largest absolute Gasteiger partial charge is 0.382 e. The van der Waals surface area contributed by atoms with Crippen LogP contribution in [0, 0.1) is 6.92 Å². The average Bonchev–Trinajstić information content (AvgIpc) is 3.38. The summed E-state index contributed by atoms with van der Waals surface area (Å²) in [6.07, 6.45) is 8.33. The van der Waals surface area contributed by atoms with Crippen LogP contribution >= 0.6 is 0 Å². The highest BCUT2D eigenvalue weighted by atomic mass is 15.2. The number of pyridine rings is 1. The number of nitrogen functional groups attached to an aromatic ring is 1. The second-order valence-corrected chi connectivity index (χ2v) is 8.37. The van der Waals surface area contributed by atoms with Crippen LogP contribution in [-0.4, -0.2) is 29.5 Å². The first-order valence-electron chi connectivity index (χ1n) is 11.1. The van der Waals surface area contributed by atoms with E-state index in [9.17, 15) is 0 Å². The molecule has 0 aliphatic carbocycles. The van der Waals surface area contributed by atoms with Gasteiger partial charge < -0.3 is 15.3 Å². The number of nitrogens with one attached hydrogen (secondary N) is 1. The number of hydrogen-bond acceptors (Lipinski definition) is 5. The number of rotatable bonds is 6. The number of nitrogens with two attached hydrogens (primary N) is 1. The molecule has 0 aliphatic heterocycles. The number of H-pyrrole nitrogens is 1. The van der Waals surface area contributed by atoms with E-state index in [2.05, 4.69) is 57.8 Å². The fourth-order valence-corrected chi connectivity index (χ4v) is 4.25. The van der Waals surface area contributed by atoms with Gasteiger partial charge in [0.15, 0.2) is 22.8 Å². The van der Waals surface area contributed by atoms with Crippen molar-refractivity contribution >= 4 is 27.9 Å². The number of anilines is 1. The molecule has 1 aromatic carbocycles. The number of imidazole rings is 1. The van der Waals surface area contributed by atoms with Crippen molar-refractivity contribution in [3.63, 3.8) is 0 Å². The quantitative estimate of drug-likeness (QED) is 0.398. The Morgan fingerprint density at radius 1 is 1.09 bits per heavy atom. The van der Waals surface area contributed by atoms with Gasteiger partial charge in [-0.25, -0.2) is 15.0 Å². The topological polar surface area (TPSA) is 98.3 Å². The molecule has 5 aromatic rings. The van der Waals surface area contributed by atoms with Crippen LogP contribution in [0.1, 0.15) is 43.3 Å². The van der Waals surface area contributed by atoms with Crippen molar-refractivity contribution in [3.05, 3.63) is 65.9 Å². The van der Waals surface area contributed by atoms with Gasteiger partial charge in [-0.1, -0.05) is 25.1 Å². The molecule has 3 N–H and O–H groups in total. The minimum atomic E-state index is 0.246. The Hall–Kier alpha value is -3.74. The number of aromatic amines is 1. The zero-order valence-electron chi connectivity index (χ0n) is 18.6. The molecule has 0 saturated heterocycles. The second-order valence-electron chi connectivity index (χ2n) is 8.37. The van der Waals surface area contributed by atoms with Crippen LogP contribution in [0.15, 0.2) is 48.9 Å². The molecule has 162 valence electrons. The van der Waals surface area contributed by atoms with E-state index in [1.54, 1.807) is 6.20 Å². The van der Waals surface area contributed by atoms with Crippen molar-refractivity contribution < 1.29 is 0 Å². The highest BCUT2D eigenvalue weighted by Crippen LogP contribution is 2.29. The maximum absolute atomic E-state index is 6.37. The molecular weight excluding hydrogens is 398 g/mol. The summed E-state index contributed by atoms with van der Waals surface area (Å²) in [6, 6.07) is 10.7. The lowest BCUT2D eigenvalue weighted by Crippen LogP contribution is -2.11. The van der Waals surface area contributed by atoms with Crippen LogP contribution in [0.2, 0.25) is 0 Å². The molecule has 0 aliphatic rings. The summed E-state index contributed by atoms with van der Waals surface area (Å²) in [7, 11) is 0. The Bertz CT molecular complexity index is 1410. The Balaban J connectivity index is 1.58. The minimum Gasteiger partial charge on any atom is -0.382 e. The number of nitrogens with zero attached hydrogens (tertiary/aromatic N) is 5. The summed E-state index contributed by atoms with van der Waals surface area (Å²) < 4.78 is 2.23. The Morgan fingerprint density at radius 3 is 2.75 bits per heavy atom. The first-order chi connectivity index (χ1) is 15.5. The normalized spacial score (nSPS) is 12.6. The average molecular weight is 426 g/mol. The Kier molecular flexibility index (Phi) is 5.09. The fraction of sp³-hybridized carbons (Fsp3) is 0.280. The third kappa shape index (κ3) is 3.49. The maximum atomic E-state index is 6.37. The number of aryl methyl sites for hydroxylation is 3. The van der Waals surface area contributed by atoms with Crippen molar-refractivity contribution in [3.8, 4) is 11.4 Å². The zero-order valence-corrected chi connectivity index (χ0v) is 18.6. The van der Waals surface area contributed by atoms with E-state index >= 15 is 0 Å². The van der Waals surface area contributed by atoms with E-state index in [-0.39, 0.29) is 6.04 Å². The van der Waals surface area contributed by atoms with Crippen LogP contribution in [0.25, 0.3) is 33.5 Å². The predicted molar refractivity (Wildman–Crippen MR) is 128 cm³/mol. The zero-order chi connectivity index (χ0) is 22.2. The molecule has 7 nitrogen and oxygen atoms in total. The van der Waals surface area contributed by atoms with Crippen molar-refractivity contribution in [1.29, 1.82) is 0 Å².